The Morgan fingerprint density at radius 1 is 0.865 bits per heavy atom. The quantitative estimate of drug-likeness (QED) is 0.559. The van der Waals surface area contributed by atoms with Crippen molar-refractivity contribution in [3.05, 3.63) is 71.8 Å². The molecule has 0 radical (unpaired) electrons. The van der Waals surface area contributed by atoms with Gasteiger partial charge >= 0.3 is 6.03 Å². The number of urea groups is 1. The van der Waals surface area contributed by atoms with Gasteiger partial charge in [0.1, 0.15) is 0 Å². The summed E-state index contributed by atoms with van der Waals surface area (Å²) in [5.41, 5.74) is 2.17. The van der Waals surface area contributed by atoms with Gasteiger partial charge in [-0.2, -0.15) is 0 Å². The van der Waals surface area contributed by atoms with Gasteiger partial charge in [-0.1, -0.05) is 74.5 Å². The number of Topliss-reactive ketones (excluding diaryl/α,β-unsaturated/α-hetero) is 1. The zero-order chi connectivity index (χ0) is 26.4. The summed E-state index contributed by atoms with van der Waals surface area (Å²) in [6.45, 7) is 6.37. The molecule has 7 heteroatoms. The predicted octanol–water partition coefficient (Wildman–Crippen LogP) is 4.08. The Morgan fingerprint density at radius 2 is 1.41 bits per heavy atom. The van der Waals surface area contributed by atoms with Crippen LogP contribution in [0.5, 0.6) is 0 Å². The third-order valence-corrected chi connectivity index (χ3v) is 7.63. The number of carbonyl (C=O) groups is 3. The van der Waals surface area contributed by atoms with Crippen molar-refractivity contribution >= 4 is 17.7 Å². The molecule has 2 fully saturated rings. The Labute approximate surface area is 220 Å². The lowest BCUT2D eigenvalue weighted by Gasteiger charge is -2.36. The first-order valence-corrected chi connectivity index (χ1v) is 13.5. The molecule has 1 N–H and O–H groups in total. The summed E-state index contributed by atoms with van der Waals surface area (Å²) in [5.74, 6) is 0.123. The van der Waals surface area contributed by atoms with Crippen molar-refractivity contribution < 1.29 is 14.4 Å². The summed E-state index contributed by atoms with van der Waals surface area (Å²) in [7, 11) is 1.98. The second-order valence-corrected chi connectivity index (χ2v) is 10.7. The molecule has 3 unspecified atom stereocenters. The molecule has 3 atom stereocenters. The van der Waals surface area contributed by atoms with Gasteiger partial charge in [-0.05, 0) is 49.8 Å². The van der Waals surface area contributed by atoms with Crippen molar-refractivity contribution in [1.29, 1.82) is 0 Å². The van der Waals surface area contributed by atoms with Gasteiger partial charge in [0.05, 0.1) is 18.1 Å². The van der Waals surface area contributed by atoms with E-state index in [-0.39, 0.29) is 29.7 Å². The molecule has 7 nitrogen and oxygen atoms in total. The van der Waals surface area contributed by atoms with Crippen LogP contribution >= 0.6 is 0 Å². The zero-order valence-electron chi connectivity index (χ0n) is 22.3. The van der Waals surface area contributed by atoms with E-state index < -0.39 is 12.1 Å². The van der Waals surface area contributed by atoms with Crippen LogP contribution < -0.4 is 5.32 Å². The number of rotatable bonds is 9. The maximum absolute atomic E-state index is 13.9. The van der Waals surface area contributed by atoms with Crippen LogP contribution in [-0.2, 0) is 22.7 Å². The Morgan fingerprint density at radius 3 is 2.00 bits per heavy atom. The maximum Gasteiger partial charge on any atom is 0.318 e. The van der Waals surface area contributed by atoms with E-state index >= 15 is 0 Å². The number of likely N-dealkylation sites (tertiary alicyclic amines) is 2. The molecule has 2 saturated heterocycles. The molecule has 0 aliphatic carbocycles. The predicted molar refractivity (Wildman–Crippen MR) is 145 cm³/mol. The Kier molecular flexibility index (Phi) is 8.98. The Bertz CT molecular complexity index is 1060. The summed E-state index contributed by atoms with van der Waals surface area (Å²) in [6.07, 6.45) is 2.91. The van der Waals surface area contributed by atoms with Crippen molar-refractivity contribution in [2.45, 2.75) is 70.7 Å². The Balaban J connectivity index is 1.42. The van der Waals surface area contributed by atoms with Crippen LogP contribution in [0, 0.1) is 5.92 Å². The summed E-state index contributed by atoms with van der Waals surface area (Å²) in [5, 5.41) is 2.97. The summed E-state index contributed by atoms with van der Waals surface area (Å²) < 4.78 is 0. The molecule has 0 spiro atoms. The topological polar surface area (TPSA) is 73.0 Å². The molecule has 37 heavy (non-hydrogen) atoms. The van der Waals surface area contributed by atoms with E-state index in [1.165, 1.54) is 0 Å². The van der Waals surface area contributed by atoms with Crippen LogP contribution in [-0.4, -0.2) is 70.7 Å². The molecule has 2 aliphatic rings. The SMILES string of the molecule is CC(C)C(C(=O)N1CCCC1C(=O)C1CCCN1C(=O)NCc1ccccc1)N(C)Cc1ccccc1. The van der Waals surface area contributed by atoms with Crippen LogP contribution in [0.2, 0.25) is 0 Å². The van der Waals surface area contributed by atoms with Gasteiger partial charge < -0.3 is 15.1 Å². The number of benzene rings is 2. The van der Waals surface area contributed by atoms with Crippen LogP contribution in [0.25, 0.3) is 0 Å². The normalized spacial score (nSPS) is 20.5. The van der Waals surface area contributed by atoms with E-state index in [2.05, 4.69) is 36.2 Å². The highest BCUT2D eigenvalue weighted by atomic mass is 16.2. The van der Waals surface area contributed by atoms with Crippen LogP contribution in [0.1, 0.15) is 50.7 Å². The molecule has 2 aliphatic heterocycles. The fourth-order valence-corrected chi connectivity index (χ4v) is 5.85. The number of ketones is 1. The molecule has 2 aromatic rings. The van der Waals surface area contributed by atoms with Crippen molar-refractivity contribution in [1.82, 2.24) is 20.0 Å². The van der Waals surface area contributed by atoms with E-state index in [9.17, 15) is 14.4 Å². The zero-order valence-corrected chi connectivity index (χ0v) is 22.3. The molecule has 0 bridgehead atoms. The third kappa shape index (κ3) is 6.39. The van der Waals surface area contributed by atoms with Gasteiger partial charge in [0, 0.05) is 26.2 Å². The van der Waals surface area contributed by atoms with E-state index in [1.807, 2.05) is 55.6 Å². The van der Waals surface area contributed by atoms with E-state index in [4.69, 9.17) is 0 Å². The number of carbonyl (C=O) groups excluding carboxylic acids is 3. The van der Waals surface area contributed by atoms with Gasteiger partial charge in [0.2, 0.25) is 5.91 Å². The third-order valence-electron chi connectivity index (χ3n) is 7.63. The van der Waals surface area contributed by atoms with Gasteiger partial charge in [0.25, 0.3) is 0 Å². The van der Waals surface area contributed by atoms with Crippen molar-refractivity contribution in [2.24, 2.45) is 5.92 Å². The summed E-state index contributed by atoms with van der Waals surface area (Å²) in [6, 6.07) is 18.4. The average Bonchev–Trinajstić information content (AvgIpc) is 3.58. The van der Waals surface area contributed by atoms with Crippen LogP contribution in [0.4, 0.5) is 4.79 Å². The van der Waals surface area contributed by atoms with Crippen LogP contribution in [0.15, 0.2) is 60.7 Å². The lowest BCUT2D eigenvalue weighted by molar-refractivity contribution is -0.144. The summed E-state index contributed by atoms with van der Waals surface area (Å²) in [4.78, 5) is 46.2. The lowest BCUT2D eigenvalue weighted by atomic mass is 9.97. The number of amides is 3. The molecule has 2 aromatic carbocycles. The number of nitrogens with zero attached hydrogens (tertiary/aromatic N) is 3. The first-order chi connectivity index (χ1) is 17.9. The molecule has 3 amide bonds. The Hall–Kier alpha value is -3.19. The smallest absolute Gasteiger partial charge is 0.318 e. The fraction of sp³-hybridized carbons (Fsp3) is 0.500. The molecule has 4 rings (SSSR count). The van der Waals surface area contributed by atoms with E-state index in [1.54, 1.807) is 9.80 Å². The van der Waals surface area contributed by atoms with Crippen molar-refractivity contribution in [3.63, 3.8) is 0 Å². The molecular formula is C30H40N4O3. The maximum atomic E-state index is 13.9. The minimum atomic E-state index is -0.478. The van der Waals surface area contributed by atoms with Gasteiger partial charge in [-0.25, -0.2) is 4.79 Å². The fourth-order valence-electron chi connectivity index (χ4n) is 5.85. The number of hydrogen-bond donors (Lipinski definition) is 1. The van der Waals surface area contributed by atoms with Crippen molar-refractivity contribution in [3.8, 4) is 0 Å². The highest BCUT2D eigenvalue weighted by Crippen LogP contribution is 2.28. The first kappa shape index (κ1) is 26.9. The molecule has 2 heterocycles. The van der Waals surface area contributed by atoms with E-state index in [0.717, 1.165) is 24.0 Å². The minimum absolute atomic E-state index is 0.00595. The monoisotopic (exact) mass is 504 g/mol. The number of nitrogens with one attached hydrogen (secondary N) is 1. The van der Waals surface area contributed by atoms with Gasteiger partial charge in [0.15, 0.2) is 5.78 Å². The second-order valence-electron chi connectivity index (χ2n) is 10.7. The minimum Gasteiger partial charge on any atom is -0.334 e. The molecule has 198 valence electrons. The van der Waals surface area contributed by atoms with Crippen molar-refractivity contribution in [2.75, 3.05) is 20.1 Å². The highest BCUT2D eigenvalue weighted by molar-refractivity contribution is 5.96. The lowest BCUT2D eigenvalue weighted by Crippen LogP contribution is -2.56. The van der Waals surface area contributed by atoms with E-state index in [0.29, 0.717) is 39.0 Å². The first-order valence-electron chi connectivity index (χ1n) is 13.5. The van der Waals surface area contributed by atoms with Crippen LogP contribution in [0.3, 0.4) is 0 Å². The number of hydrogen-bond acceptors (Lipinski definition) is 4. The van der Waals surface area contributed by atoms with Gasteiger partial charge in [-0.15, -0.1) is 0 Å². The van der Waals surface area contributed by atoms with Gasteiger partial charge in [-0.3, -0.25) is 14.5 Å². The molecule has 0 saturated carbocycles. The average molecular weight is 505 g/mol. The molecule has 0 aromatic heterocycles. The highest BCUT2D eigenvalue weighted by Gasteiger charge is 2.44. The largest absolute Gasteiger partial charge is 0.334 e. The number of likely N-dealkylation sites (N-methyl/N-ethyl adjacent to an activating group) is 1. The molecular weight excluding hydrogens is 464 g/mol. The standard InChI is InChI=1S/C30H40N4O3/c1-22(2)27(32(3)21-24-14-8-5-9-15-24)29(36)33-18-10-16-25(33)28(35)26-17-11-19-34(26)30(37)31-20-23-12-6-4-7-13-23/h4-9,12-15,22,25-27H,10-11,16-21H2,1-3H3,(H,31,37). The summed E-state index contributed by atoms with van der Waals surface area (Å²) >= 11 is 0. The second kappa shape index (κ2) is 12.4.